The van der Waals surface area contributed by atoms with Gasteiger partial charge in [0.05, 0.1) is 17.3 Å². The number of anilines is 1. The molecular weight excluding hydrogens is 373 g/mol. The molecule has 1 unspecified atom stereocenters. The van der Waals surface area contributed by atoms with Gasteiger partial charge in [0.2, 0.25) is 0 Å². The van der Waals surface area contributed by atoms with Crippen LogP contribution in [0, 0.1) is 5.82 Å². The number of amides is 1. The number of carbonyl (C=O) groups is 2. The fourth-order valence-electron chi connectivity index (χ4n) is 3.31. The van der Waals surface area contributed by atoms with Crippen molar-refractivity contribution in [2.45, 2.75) is 6.04 Å². The number of carbonyl (C=O) groups excluding carboxylic acids is 2. The zero-order chi connectivity index (χ0) is 20.2. The van der Waals surface area contributed by atoms with Gasteiger partial charge in [0.15, 0.2) is 6.61 Å². The van der Waals surface area contributed by atoms with E-state index in [9.17, 15) is 14.0 Å². The fourth-order valence-corrected chi connectivity index (χ4v) is 3.31. The smallest absolute Gasteiger partial charge is 0.338 e. The van der Waals surface area contributed by atoms with E-state index in [2.05, 4.69) is 0 Å². The first-order chi connectivity index (χ1) is 14.1. The second kappa shape index (κ2) is 8.14. The van der Waals surface area contributed by atoms with Crippen LogP contribution in [-0.2, 0) is 9.53 Å². The normalized spacial score (nSPS) is 15.2. The highest BCUT2D eigenvalue weighted by molar-refractivity contribution is 5.99. The first kappa shape index (κ1) is 18.7. The molecule has 0 radical (unpaired) electrons. The van der Waals surface area contributed by atoms with E-state index in [-0.39, 0.29) is 24.1 Å². The average Bonchev–Trinajstić information content (AvgIpc) is 2.77. The molecule has 3 aromatic rings. The van der Waals surface area contributed by atoms with Gasteiger partial charge in [0.1, 0.15) is 18.2 Å². The zero-order valence-corrected chi connectivity index (χ0v) is 15.5. The van der Waals surface area contributed by atoms with Crippen LogP contribution in [0.15, 0.2) is 78.9 Å². The summed E-state index contributed by atoms with van der Waals surface area (Å²) in [6.07, 6.45) is 0. The van der Waals surface area contributed by atoms with Gasteiger partial charge >= 0.3 is 5.97 Å². The molecular formula is C23H18FNO4. The Balaban J connectivity index is 1.57. The van der Waals surface area contributed by atoms with Crippen molar-refractivity contribution in [2.24, 2.45) is 0 Å². The molecule has 6 heteroatoms. The summed E-state index contributed by atoms with van der Waals surface area (Å²) in [4.78, 5) is 26.9. The van der Waals surface area contributed by atoms with Crippen molar-refractivity contribution >= 4 is 17.6 Å². The summed E-state index contributed by atoms with van der Waals surface area (Å²) < 4.78 is 24.3. The topological polar surface area (TPSA) is 55.8 Å². The van der Waals surface area contributed by atoms with Crippen molar-refractivity contribution < 1.29 is 23.5 Å². The molecule has 0 N–H and O–H groups in total. The number of ether oxygens (including phenoxy) is 2. The first-order valence-electron chi connectivity index (χ1n) is 9.15. The lowest BCUT2D eigenvalue weighted by atomic mass is 10.0. The van der Waals surface area contributed by atoms with Crippen LogP contribution >= 0.6 is 0 Å². The van der Waals surface area contributed by atoms with Crippen LogP contribution in [0.2, 0.25) is 0 Å². The van der Waals surface area contributed by atoms with Crippen LogP contribution in [-0.4, -0.2) is 25.1 Å². The van der Waals surface area contributed by atoms with Crippen molar-refractivity contribution in [3.05, 3.63) is 95.8 Å². The van der Waals surface area contributed by atoms with E-state index in [1.807, 2.05) is 42.5 Å². The summed E-state index contributed by atoms with van der Waals surface area (Å²) in [6, 6.07) is 21.5. The summed E-state index contributed by atoms with van der Waals surface area (Å²) in [5, 5.41) is 0. The molecule has 0 spiro atoms. The number of fused-ring (bicyclic) bond motifs is 1. The van der Waals surface area contributed by atoms with Crippen LogP contribution in [0.25, 0.3) is 0 Å². The number of halogens is 1. The third-order valence-corrected chi connectivity index (χ3v) is 4.67. The Hall–Kier alpha value is -3.67. The molecule has 29 heavy (non-hydrogen) atoms. The summed E-state index contributed by atoms with van der Waals surface area (Å²) in [5.41, 5.74) is 1.58. The van der Waals surface area contributed by atoms with Crippen molar-refractivity contribution in [2.75, 3.05) is 18.1 Å². The van der Waals surface area contributed by atoms with E-state index in [0.717, 1.165) is 11.6 Å². The fraction of sp³-hybridized carbons (Fsp3) is 0.130. The second-order valence-electron chi connectivity index (χ2n) is 6.56. The van der Waals surface area contributed by atoms with Crippen molar-refractivity contribution in [3.8, 4) is 5.75 Å². The quantitative estimate of drug-likeness (QED) is 0.627. The molecule has 4 rings (SSSR count). The zero-order valence-electron chi connectivity index (χ0n) is 15.5. The molecule has 0 aliphatic carbocycles. The lowest BCUT2D eigenvalue weighted by molar-refractivity contribution is -0.122. The van der Waals surface area contributed by atoms with Crippen LogP contribution < -0.4 is 9.64 Å². The van der Waals surface area contributed by atoms with E-state index < -0.39 is 18.4 Å². The minimum Gasteiger partial charge on any atom is -0.489 e. The molecule has 146 valence electrons. The third kappa shape index (κ3) is 3.96. The monoisotopic (exact) mass is 391 g/mol. The average molecular weight is 391 g/mol. The Morgan fingerprint density at radius 3 is 2.55 bits per heavy atom. The summed E-state index contributed by atoms with van der Waals surface area (Å²) >= 11 is 0. The van der Waals surface area contributed by atoms with E-state index in [4.69, 9.17) is 9.47 Å². The lowest BCUT2D eigenvalue weighted by Gasteiger charge is -2.37. The summed E-state index contributed by atoms with van der Waals surface area (Å²) in [6.45, 7) is -0.183. The standard InChI is InChI=1S/C23H18FNO4/c24-18-10-6-9-17(13-18)23(27)29-15-22(26)25-19-11-4-5-12-21(19)28-14-20(25)16-7-2-1-3-8-16/h1-13,20H,14-15H2. The molecule has 3 aromatic carbocycles. The second-order valence-corrected chi connectivity index (χ2v) is 6.56. The Morgan fingerprint density at radius 2 is 1.76 bits per heavy atom. The maximum atomic E-state index is 13.3. The van der Waals surface area contributed by atoms with Gasteiger partial charge in [-0.3, -0.25) is 9.69 Å². The molecule has 0 fully saturated rings. The van der Waals surface area contributed by atoms with Crippen LogP contribution in [0.1, 0.15) is 22.0 Å². The van der Waals surface area contributed by atoms with Crippen molar-refractivity contribution in [1.82, 2.24) is 0 Å². The van der Waals surface area contributed by atoms with Gasteiger partial charge in [-0.1, -0.05) is 48.5 Å². The maximum Gasteiger partial charge on any atom is 0.338 e. The van der Waals surface area contributed by atoms with Crippen molar-refractivity contribution in [1.29, 1.82) is 0 Å². The highest BCUT2D eigenvalue weighted by Gasteiger charge is 2.33. The summed E-state index contributed by atoms with van der Waals surface area (Å²) in [5.74, 6) is -1.10. The molecule has 1 aliphatic heterocycles. The largest absolute Gasteiger partial charge is 0.489 e. The van der Waals surface area contributed by atoms with Gasteiger partial charge in [-0.25, -0.2) is 9.18 Å². The van der Waals surface area contributed by atoms with Crippen LogP contribution in [0.4, 0.5) is 10.1 Å². The Morgan fingerprint density at radius 1 is 1.00 bits per heavy atom. The Kier molecular flexibility index (Phi) is 5.24. The molecule has 5 nitrogen and oxygen atoms in total. The first-order valence-corrected chi connectivity index (χ1v) is 9.15. The van der Waals surface area contributed by atoms with Gasteiger partial charge in [-0.15, -0.1) is 0 Å². The summed E-state index contributed by atoms with van der Waals surface area (Å²) in [7, 11) is 0. The van der Waals surface area contributed by atoms with Gasteiger partial charge in [0, 0.05) is 0 Å². The number of nitrogens with zero attached hydrogens (tertiary/aromatic N) is 1. The third-order valence-electron chi connectivity index (χ3n) is 4.67. The minimum atomic E-state index is -0.754. The lowest BCUT2D eigenvalue weighted by Crippen LogP contribution is -2.43. The van der Waals surface area contributed by atoms with Gasteiger partial charge in [0.25, 0.3) is 5.91 Å². The Labute approximate surface area is 167 Å². The minimum absolute atomic E-state index is 0.0554. The predicted octanol–water partition coefficient (Wildman–Crippen LogP) is 4.15. The predicted molar refractivity (Wildman–Crippen MR) is 105 cm³/mol. The maximum absolute atomic E-state index is 13.3. The van der Waals surface area contributed by atoms with Gasteiger partial charge < -0.3 is 9.47 Å². The van der Waals surface area contributed by atoms with Crippen molar-refractivity contribution in [3.63, 3.8) is 0 Å². The number of hydrogen-bond acceptors (Lipinski definition) is 4. The number of para-hydroxylation sites is 2. The molecule has 1 heterocycles. The highest BCUT2D eigenvalue weighted by atomic mass is 19.1. The van der Waals surface area contributed by atoms with E-state index in [1.54, 1.807) is 17.0 Å². The highest BCUT2D eigenvalue weighted by Crippen LogP contribution is 2.39. The van der Waals surface area contributed by atoms with E-state index >= 15 is 0 Å². The molecule has 1 atom stereocenters. The molecule has 0 bridgehead atoms. The number of benzene rings is 3. The SMILES string of the molecule is O=C(OCC(=O)N1c2ccccc2OCC1c1ccccc1)c1cccc(F)c1. The number of hydrogen-bond donors (Lipinski definition) is 0. The van der Waals surface area contributed by atoms with Crippen LogP contribution in [0.5, 0.6) is 5.75 Å². The molecule has 0 aromatic heterocycles. The van der Waals surface area contributed by atoms with E-state index in [1.165, 1.54) is 18.2 Å². The molecule has 1 aliphatic rings. The number of rotatable bonds is 4. The van der Waals surface area contributed by atoms with E-state index in [0.29, 0.717) is 11.4 Å². The molecule has 0 saturated carbocycles. The molecule has 0 saturated heterocycles. The Bertz CT molecular complexity index is 1040. The molecule has 1 amide bonds. The van der Waals surface area contributed by atoms with Crippen LogP contribution in [0.3, 0.4) is 0 Å². The van der Waals surface area contributed by atoms with Gasteiger partial charge in [-0.2, -0.15) is 0 Å². The number of esters is 1. The van der Waals surface area contributed by atoms with Gasteiger partial charge in [-0.05, 0) is 35.9 Å².